The molecule has 0 spiro atoms. The van der Waals surface area contributed by atoms with Gasteiger partial charge < -0.3 is 10.4 Å². The van der Waals surface area contributed by atoms with Crippen LogP contribution in [0.3, 0.4) is 0 Å². The van der Waals surface area contributed by atoms with Crippen molar-refractivity contribution in [3.63, 3.8) is 0 Å². The monoisotopic (exact) mass is 303 g/mol. The molecule has 1 aliphatic rings. The van der Waals surface area contributed by atoms with Crippen LogP contribution in [0.15, 0.2) is 24.5 Å². The number of aromatic nitrogens is 4. The van der Waals surface area contributed by atoms with Crippen LogP contribution in [0.2, 0.25) is 0 Å². The molecule has 1 aliphatic carbocycles. The average molecular weight is 303 g/mol. The highest BCUT2D eigenvalue weighted by Gasteiger charge is 2.25. The second-order valence-electron chi connectivity index (χ2n) is 5.31. The number of nitrogens with zero attached hydrogens (tertiary/aromatic N) is 4. The number of carbonyl (C=O) groups is 2. The molecule has 1 amide bonds. The first-order chi connectivity index (χ1) is 10.6. The summed E-state index contributed by atoms with van der Waals surface area (Å²) >= 11 is 0. The van der Waals surface area contributed by atoms with Gasteiger partial charge in [-0.05, 0) is 25.0 Å². The van der Waals surface area contributed by atoms with E-state index in [0.29, 0.717) is 19.0 Å². The van der Waals surface area contributed by atoms with Crippen LogP contribution in [0.1, 0.15) is 34.9 Å². The molecule has 0 aromatic carbocycles. The smallest absolute Gasteiger partial charge is 0.354 e. The normalized spacial score (nSPS) is 14.0. The van der Waals surface area contributed by atoms with E-state index in [0.717, 1.165) is 10.4 Å². The van der Waals surface area contributed by atoms with Gasteiger partial charge in [0.25, 0.3) is 0 Å². The third kappa shape index (κ3) is 3.33. The van der Waals surface area contributed by atoms with Crippen LogP contribution in [-0.2, 0) is 17.9 Å². The van der Waals surface area contributed by atoms with Crippen molar-refractivity contribution in [2.24, 2.45) is 0 Å². The van der Waals surface area contributed by atoms with Gasteiger partial charge in [-0.15, -0.1) is 0 Å². The minimum atomic E-state index is -1.10. The highest BCUT2D eigenvalue weighted by atomic mass is 16.4. The van der Waals surface area contributed by atoms with Crippen LogP contribution in [0.4, 0.5) is 0 Å². The first-order valence-corrected chi connectivity index (χ1v) is 7.18. The van der Waals surface area contributed by atoms with E-state index >= 15 is 0 Å². The van der Waals surface area contributed by atoms with Crippen LogP contribution in [0.25, 0.3) is 0 Å². The van der Waals surface area contributed by atoms with Gasteiger partial charge in [0.1, 0.15) is 12.2 Å². The predicted molar refractivity (Wildman–Crippen MR) is 76.4 cm³/mol. The largest absolute Gasteiger partial charge is 0.477 e. The maximum Gasteiger partial charge on any atom is 0.354 e. The van der Waals surface area contributed by atoms with Crippen molar-refractivity contribution in [3.05, 3.63) is 35.9 Å². The maximum absolute atomic E-state index is 11.8. The van der Waals surface area contributed by atoms with E-state index in [1.54, 1.807) is 0 Å². The minimum absolute atomic E-state index is 0.00342. The molecule has 0 saturated heterocycles. The van der Waals surface area contributed by atoms with E-state index in [-0.39, 0.29) is 18.1 Å². The number of carboxylic acids is 1. The van der Waals surface area contributed by atoms with E-state index < -0.39 is 5.97 Å². The Bertz CT molecular complexity index is 686. The number of aromatic carboxylic acids is 1. The summed E-state index contributed by atoms with van der Waals surface area (Å²) in [5.74, 6) is -0.764. The van der Waals surface area contributed by atoms with E-state index in [1.165, 1.54) is 25.1 Å². The van der Waals surface area contributed by atoms with Crippen molar-refractivity contribution in [1.82, 2.24) is 24.9 Å². The van der Waals surface area contributed by atoms with Crippen molar-refractivity contribution in [2.75, 3.05) is 6.54 Å². The van der Waals surface area contributed by atoms with Gasteiger partial charge in [0.05, 0.1) is 12.2 Å². The summed E-state index contributed by atoms with van der Waals surface area (Å²) in [5, 5.41) is 20.0. The van der Waals surface area contributed by atoms with Crippen LogP contribution >= 0.6 is 0 Å². The number of rotatable bonds is 7. The average Bonchev–Trinajstić information content (AvgIpc) is 3.04. The lowest BCUT2D eigenvalue weighted by molar-refractivity contribution is -0.121. The third-order valence-corrected chi connectivity index (χ3v) is 3.55. The van der Waals surface area contributed by atoms with Crippen molar-refractivity contribution < 1.29 is 14.7 Å². The summed E-state index contributed by atoms with van der Waals surface area (Å²) in [5.41, 5.74) is 1.12. The van der Waals surface area contributed by atoms with E-state index in [2.05, 4.69) is 15.5 Å². The van der Waals surface area contributed by atoms with Gasteiger partial charge in [-0.25, -0.2) is 9.48 Å². The van der Waals surface area contributed by atoms with Gasteiger partial charge in [-0.3, -0.25) is 9.48 Å². The van der Waals surface area contributed by atoms with Crippen LogP contribution in [-0.4, -0.2) is 43.1 Å². The maximum atomic E-state index is 11.8. The van der Waals surface area contributed by atoms with Crippen molar-refractivity contribution in [3.8, 4) is 0 Å². The molecule has 2 heterocycles. The molecule has 2 aromatic heterocycles. The number of hydrogen-bond acceptors (Lipinski definition) is 4. The molecule has 0 unspecified atom stereocenters. The zero-order valence-electron chi connectivity index (χ0n) is 12.0. The Morgan fingerprint density at radius 3 is 2.91 bits per heavy atom. The quantitative estimate of drug-likeness (QED) is 0.774. The number of carbonyl (C=O) groups excluding carboxylic acids is 1. The van der Waals surface area contributed by atoms with Crippen LogP contribution < -0.4 is 5.32 Å². The van der Waals surface area contributed by atoms with Crippen molar-refractivity contribution >= 4 is 11.9 Å². The second kappa shape index (κ2) is 6.00. The number of hydrogen-bond donors (Lipinski definition) is 2. The van der Waals surface area contributed by atoms with Gasteiger partial charge in [0.2, 0.25) is 5.91 Å². The molecule has 1 fully saturated rings. The second-order valence-corrected chi connectivity index (χ2v) is 5.31. The van der Waals surface area contributed by atoms with Crippen LogP contribution in [0.5, 0.6) is 0 Å². The molecular weight excluding hydrogens is 286 g/mol. The Labute approximate surface area is 126 Å². The molecule has 2 N–H and O–H groups in total. The number of amides is 1. The first-order valence-electron chi connectivity index (χ1n) is 7.18. The molecule has 8 heteroatoms. The summed E-state index contributed by atoms with van der Waals surface area (Å²) in [7, 11) is 0. The molecule has 3 rings (SSSR count). The Kier molecular flexibility index (Phi) is 3.90. The van der Waals surface area contributed by atoms with Gasteiger partial charge in [-0.1, -0.05) is 0 Å². The van der Waals surface area contributed by atoms with Gasteiger partial charge in [0, 0.05) is 24.9 Å². The highest BCUT2D eigenvalue weighted by molar-refractivity contribution is 5.86. The zero-order chi connectivity index (χ0) is 15.5. The van der Waals surface area contributed by atoms with Crippen LogP contribution in [0, 0.1) is 0 Å². The van der Waals surface area contributed by atoms with E-state index in [9.17, 15) is 9.59 Å². The van der Waals surface area contributed by atoms with Gasteiger partial charge in [0.15, 0.2) is 0 Å². The molecule has 116 valence electrons. The molecular formula is C14H17N5O3. The Hall–Kier alpha value is -2.64. The lowest BCUT2D eigenvalue weighted by Crippen LogP contribution is -2.31. The standard InChI is InChI=1S/C14H17N5O3/c20-13(9-19-12(14(21)22)3-5-16-19)15-6-8-18-7-4-11(17-18)10-1-2-10/h3-5,7,10H,1-2,6,8-9H2,(H,15,20)(H,21,22). The molecule has 0 atom stereocenters. The minimum Gasteiger partial charge on any atom is -0.477 e. The lowest BCUT2D eigenvalue weighted by atomic mass is 10.3. The first kappa shape index (κ1) is 14.3. The molecule has 8 nitrogen and oxygen atoms in total. The highest BCUT2D eigenvalue weighted by Crippen LogP contribution is 2.38. The summed E-state index contributed by atoms with van der Waals surface area (Å²) in [4.78, 5) is 22.7. The summed E-state index contributed by atoms with van der Waals surface area (Å²) in [6, 6.07) is 3.38. The Morgan fingerprint density at radius 2 is 2.18 bits per heavy atom. The topological polar surface area (TPSA) is 102 Å². The number of carboxylic acid groups (broad SMARTS) is 1. The van der Waals surface area contributed by atoms with E-state index in [1.807, 2.05) is 16.9 Å². The van der Waals surface area contributed by atoms with Crippen molar-refractivity contribution in [2.45, 2.75) is 31.8 Å². The van der Waals surface area contributed by atoms with Gasteiger partial charge in [-0.2, -0.15) is 10.2 Å². The fourth-order valence-corrected chi connectivity index (χ4v) is 2.24. The summed E-state index contributed by atoms with van der Waals surface area (Å²) in [6.07, 6.45) is 5.70. The SMILES string of the molecule is O=C(Cn1nccc1C(=O)O)NCCn1ccc(C2CC2)n1. The molecule has 0 radical (unpaired) electrons. The Balaban J connectivity index is 1.45. The fraction of sp³-hybridized carbons (Fsp3) is 0.429. The molecule has 2 aromatic rings. The summed E-state index contributed by atoms with van der Waals surface area (Å²) < 4.78 is 2.97. The summed E-state index contributed by atoms with van der Waals surface area (Å²) in [6.45, 7) is 0.915. The van der Waals surface area contributed by atoms with Crippen molar-refractivity contribution in [1.29, 1.82) is 0 Å². The molecule has 0 aliphatic heterocycles. The number of nitrogens with one attached hydrogen (secondary N) is 1. The predicted octanol–water partition coefficient (Wildman–Crippen LogP) is 0.472. The zero-order valence-corrected chi connectivity index (χ0v) is 12.0. The third-order valence-electron chi connectivity index (χ3n) is 3.55. The Morgan fingerprint density at radius 1 is 1.36 bits per heavy atom. The molecule has 0 bridgehead atoms. The van der Waals surface area contributed by atoms with E-state index in [4.69, 9.17) is 5.11 Å². The molecule has 1 saturated carbocycles. The van der Waals surface area contributed by atoms with Gasteiger partial charge >= 0.3 is 5.97 Å². The fourth-order valence-electron chi connectivity index (χ4n) is 2.24. The molecule has 22 heavy (non-hydrogen) atoms. The lowest BCUT2D eigenvalue weighted by Gasteiger charge is -2.07.